The number of aryl methyl sites for hydroxylation is 1. The van der Waals surface area contributed by atoms with Crippen LogP contribution in [-0.2, 0) is 0 Å². The standard InChI is InChI=1S/C10H14N2S/c1-7(2)12-6-11-4-9-8(3)5-13-10(9)12/h4-5,7H,6H2,1-3H3. The minimum absolute atomic E-state index is 0.536. The predicted molar refractivity (Wildman–Crippen MR) is 59.1 cm³/mol. The topological polar surface area (TPSA) is 15.6 Å². The molecule has 0 N–H and O–H groups in total. The number of thiophene rings is 1. The molecule has 0 fully saturated rings. The summed E-state index contributed by atoms with van der Waals surface area (Å²) in [6.45, 7) is 7.37. The quantitative estimate of drug-likeness (QED) is 0.671. The van der Waals surface area contributed by atoms with Gasteiger partial charge in [-0.25, -0.2) is 0 Å². The summed E-state index contributed by atoms with van der Waals surface area (Å²) in [4.78, 5) is 6.70. The first kappa shape index (κ1) is 8.75. The molecule has 0 spiro atoms. The lowest BCUT2D eigenvalue weighted by molar-refractivity contribution is 0.695. The third-order valence-corrected chi connectivity index (χ3v) is 3.49. The molecule has 1 aromatic rings. The first-order valence-corrected chi connectivity index (χ1v) is 5.42. The number of hydrogen-bond acceptors (Lipinski definition) is 3. The number of hydrogen-bond donors (Lipinski definition) is 0. The first-order valence-electron chi connectivity index (χ1n) is 4.54. The van der Waals surface area contributed by atoms with Crippen molar-refractivity contribution >= 4 is 22.6 Å². The third kappa shape index (κ3) is 1.37. The van der Waals surface area contributed by atoms with Crippen molar-refractivity contribution in [2.24, 2.45) is 4.99 Å². The van der Waals surface area contributed by atoms with Crippen molar-refractivity contribution in [2.45, 2.75) is 26.8 Å². The van der Waals surface area contributed by atoms with Gasteiger partial charge >= 0.3 is 0 Å². The first-order chi connectivity index (χ1) is 6.20. The maximum absolute atomic E-state index is 4.36. The van der Waals surface area contributed by atoms with Gasteiger partial charge < -0.3 is 4.90 Å². The summed E-state index contributed by atoms with van der Waals surface area (Å²) in [5, 5.41) is 3.58. The minimum atomic E-state index is 0.536. The summed E-state index contributed by atoms with van der Waals surface area (Å²) in [5.74, 6) is 0. The molecule has 1 aromatic heterocycles. The van der Waals surface area contributed by atoms with E-state index in [0.717, 1.165) is 6.67 Å². The molecule has 0 saturated heterocycles. The van der Waals surface area contributed by atoms with E-state index in [1.165, 1.54) is 16.1 Å². The van der Waals surface area contributed by atoms with Gasteiger partial charge in [0.2, 0.25) is 0 Å². The Hall–Kier alpha value is -0.830. The maximum atomic E-state index is 4.36. The summed E-state index contributed by atoms with van der Waals surface area (Å²) in [6.07, 6.45) is 2.00. The molecule has 0 amide bonds. The molecule has 3 heteroatoms. The van der Waals surface area contributed by atoms with Crippen LogP contribution in [0.4, 0.5) is 5.00 Å². The van der Waals surface area contributed by atoms with Gasteiger partial charge in [-0.2, -0.15) is 0 Å². The van der Waals surface area contributed by atoms with Crippen molar-refractivity contribution in [3.8, 4) is 0 Å². The molecule has 2 rings (SSSR count). The predicted octanol–water partition coefficient (Wildman–Crippen LogP) is 2.66. The molecule has 0 saturated carbocycles. The van der Waals surface area contributed by atoms with Gasteiger partial charge in [0.15, 0.2) is 0 Å². The Morgan fingerprint density at radius 2 is 2.31 bits per heavy atom. The zero-order chi connectivity index (χ0) is 9.42. The van der Waals surface area contributed by atoms with Crippen LogP contribution in [0.5, 0.6) is 0 Å². The second-order valence-corrected chi connectivity index (χ2v) is 4.51. The molecule has 13 heavy (non-hydrogen) atoms. The Morgan fingerprint density at radius 1 is 1.54 bits per heavy atom. The Kier molecular flexibility index (Phi) is 2.12. The average molecular weight is 194 g/mol. The van der Waals surface area contributed by atoms with Gasteiger partial charge in [-0.05, 0) is 31.7 Å². The van der Waals surface area contributed by atoms with E-state index in [1.54, 1.807) is 0 Å². The highest BCUT2D eigenvalue weighted by atomic mass is 32.1. The summed E-state index contributed by atoms with van der Waals surface area (Å²) in [6, 6.07) is 0.536. The van der Waals surface area contributed by atoms with Gasteiger partial charge in [0, 0.05) is 17.8 Å². The van der Waals surface area contributed by atoms with Gasteiger partial charge in [-0.3, -0.25) is 4.99 Å². The van der Waals surface area contributed by atoms with Crippen LogP contribution >= 0.6 is 11.3 Å². The van der Waals surface area contributed by atoms with Gasteiger partial charge in [-0.15, -0.1) is 11.3 Å². The number of anilines is 1. The summed E-state index contributed by atoms with van der Waals surface area (Å²) >= 11 is 1.82. The van der Waals surface area contributed by atoms with Gasteiger partial charge in [0.25, 0.3) is 0 Å². The van der Waals surface area contributed by atoms with Crippen molar-refractivity contribution < 1.29 is 0 Å². The van der Waals surface area contributed by atoms with E-state index in [9.17, 15) is 0 Å². The number of nitrogens with zero attached hydrogens (tertiary/aromatic N) is 2. The van der Waals surface area contributed by atoms with Gasteiger partial charge in [0.05, 0.1) is 0 Å². The Labute approximate surface area is 82.9 Å². The summed E-state index contributed by atoms with van der Waals surface area (Å²) < 4.78 is 0. The fourth-order valence-electron chi connectivity index (χ4n) is 1.50. The SMILES string of the molecule is Cc1csc2c1C=NCN2C(C)C. The molecule has 0 atom stereocenters. The fraction of sp³-hybridized carbons (Fsp3) is 0.500. The largest absolute Gasteiger partial charge is 0.341 e. The number of aliphatic imine (C=N–C) groups is 1. The van der Waals surface area contributed by atoms with Gasteiger partial charge in [-0.1, -0.05) is 0 Å². The molecule has 0 unspecified atom stereocenters. The Bertz CT molecular complexity index is 339. The van der Waals surface area contributed by atoms with Crippen LogP contribution in [-0.4, -0.2) is 18.9 Å². The van der Waals surface area contributed by atoms with Crippen LogP contribution in [0.2, 0.25) is 0 Å². The van der Waals surface area contributed by atoms with Crippen LogP contribution in [0.3, 0.4) is 0 Å². The van der Waals surface area contributed by atoms with E-state index in [0.29, 0.717) is 6.04 Å². The lowest BCUT2D eigenvalue weighted by Gasteiger charge is -2.28. The highest BCUT2D eigenvalue weighted by Crippen LogP contribution is 2.33. The molecule has 0 aromatic carbocycles. The molecule has 70 valence electrons. The molecular weight excluding hydrogens is 180 g/mol. The highest BCUT2D eigenvalue weighted by Gasteiger charge is 2.19. The second kappa shape index (κ2) is 3.14. The van der Waals surface area contributed by atoms with Crippen LogP contribution < -0.4 is 4.90 Å². The van der Waals surface area contributed by atoms with Crippen LogP contribution in [0, 0.1) is 6.92 Å². The van der Waals surface area contributed by atoms with Gasteiger partial charge in [0.1, 0.15) is 11.7 Å². The molecule has 0 radical (unpaired) electrons. The smallest absolute Gasteiger partial charge is 0.111 e. The lowest BCUT2D eigenvalue weighted by Crippen LogP contribution is -2.32. The summed E-state index contributed by atoms with van der Waals surface area (Å²) in [5.41, 5.74) is 2.65. The van der Waals surface area contributed by atoms with Crippen molar-refractivity contribution in [3.63, 3.8) is 0 Å². The maximum Gasteiger partial charge on any atom is 0.111 e. The number of rotatable bonds is 1. The monoisotopic (exact) mass is 194 g/mol. The molecule has 1 aliphatic rings. The van der Waals surface area contributed by atoms with Crippen LogP contribution in [0.1, 0.15) is 25.0 Å². The molecule has 0 bridgehead atoms. The normalized spacial score (nSPS) is 15.2. The van der Waals surface area contributed by atoms with Crippen LogP contribution in [0.25, 0.3) is 0 Å². The highest BCUT2D eigenvalue weighted by molar-refractivity contribution is 7.14. The zero-order valence-electron chi connectivity index (χ0n) is 8.24. The summed E-state index contributed by atoms with van der Waals surface area (Å²) in [7, 11) is 0. The van der Waals surface area contributed by atoms with E-state index in [4.69, 9.17) is 0 Å². The van der Waals surface area contributed by atoms with E-state index < -0.39 is 0 Å². The molecule has 0 aliphatic carbocycles. The van der Waals surface area contributed by atoms with E-state index in [-0.39, 0.29) is 0 Å². The van der Waals surface area contributed by atoms with Crippen molar-refractivity contribution in [3.05, 3.63) is 16.5 Å². The van der Waals surface area contributed by atoms with E-state index in [2.05, 4.69) is 36.0 Å². The zero-order valence-corrected chi connectivity index (χ0v) is 9.06. The van der Waals surface area contributed by atoms with Crippen molar-refractivity contribution in [1.29, 1.82) is 0 Å². The second-order valence-electron chi connectivity index (χ2n) is 3.65. The third-order valence-electron chi connectivity index (χ3n) is 2.34. The van der Waals surface area contributed by atoms with E-state index in [1.807, 2.05) is 17.6 Å². The minimum Gasteiger partial charge on any atom is -0.341 e. The molecular formula is C10H14N2S. The average Bonchev–Trinajstić information content (AvgIpc) is 2.48. The van der Waals surface area contributed by atoms with E-state index >= 15 is 0 Å². The van der Waals surface area contributed by atoms with Crippen molar-refractivity contribution in [1.82, 2.24) is 0 Å². The Morgan fingerprint density at radius 3 is 3.00 bits per heavy atom. The number of fused-ring (bicyclic) bond motifs is 1. The van der Waals surface area contributed by atoms with Crippen molar-refractivity contribution in [2.75, 3.05) is 11.6 Å². The molecule has 2 heterocycles. The fourth-order valence-corrected chi connectivity index (χ4v) is 2.66. The lowest BCUT2D eigenvalue weighted by atomic mass is 10.2. The Balaban J connectivity index is 2.44. The molecule has 2 nitrogen and oxygen atoms in total. The van der Waals surface area contributed by atoms with Crippen LogP contribution in [0.15, 0.2) is 10.4 Å². The molecule has 1 aliphatic heterocycles.